The molecular formula is C27H31Br2N5OS. The predicted molar refractivity (Wildman–Crippen MR) is 154 cm³/mol. The highest BCUT2D eigenvalue weighted by atomic mass is 79.9. The van der Waals surface area contributed by atoms with Crippen molar-refractivity contribution in [3.63, 3.8) is 0 Å². The number of halogens is 2. The molecule has 2 aromatic heterocycles. The first-order valence-electron chi connectivity index (χ1n) is 12.0. The van der Waals surface area contributed by atoms with Crippen LogP contribution in [-0.2, 0) is 24.2 Å². The van der Waals surface area contributed by atoms with Crippen molar-refractivity contribution >= 4 is 50.4 Å². The third-order valence-electron chi connectivity index (χ3n) is 6.60. The van der Waals surface area contributed by atoms with E-state index in [-0.39, 0.29) is 18.0 Å². The molecule has 0 radical (unpaired) electrons. The zero-order chi connectivity index (χ0) is 25.7. The summed E-state index contributed by atoms with van der Waals surface area (Å²) in [6.07, 6.45) is 9.02. The fourth-order valence-corrected chi connectivity index (χ4v) is 6.25. The van der Waals surface area contributed by atoms with E-state index in [1.165, 1.54) is 22.3 Å². The number of amides is 1. The number of fused-ring (bicyclic) bond motifs is 2. The lowest BCUT2D eigenvalue weighted by atomic mass is 9.94. The van der Waals surface area contributed by atoms with Gasteiger partial charge in [-0.2, -0.15) is 12.6 Å². The molecule has 3 heterocycles. The van der Waals surface area contributed by atoms with Crippen molar-refractivity contribution in [1.82, 2.24) is 25.5 Å². The molecule has 1 amide bonds. The Morgan fingerprint density at radius 3 is 2.78 bits per heavy atom. The first-order valence-corrected chi connectivity index (χ1v) is 14.5. The van der Waals surface area contributed by atoms with E-state index in [4.69, 9.17) is 4.98 Å². The Labute approximate surface area is 235 Å². The molecule has 1 saturated heterocycles. The molecular weight excluding hydrogens is 602 g/mol. The van der Waals surface area contributed by atoms with Crippen molar-refractivity contribution in [3.8, 4) is 0 Å². The highest BCUT2D eigenvalue weighted by molar-refractivity contribution is 9.10. The summed E-state index contributed by atoms with van der Waals surface area (Å²) in [5.41, 5.74) is 7.21. The van der Waals surface area contributed by atoms with Gasteiger partial charge in [-0.1, -0.05) is 28.1 Å². The number of piperazine rings is 1. The van der Waals surface area contributed by atoms with Crippen LogP contribution in [0.25, 0.3) is 0 Å². The molecule has 0 spiro atoms. The van der Waals surface area contributed by atoms with Crippen molar-refractivity contribution in [2.24, 2.45) is 0 Å². The van der Waals surface area contributed by atoms with E-state index in [2.05, 4.69) is 90.1 Å². The van der Waals surface area contributed by atoms with Gasteiger partial charge in [0.25, 0.3) is 0 Å². The summed E-state index contributed by atoms with van der Waals surface area (Å²) in [5, 5.41) is 6.48. The maximum atomic E-state index is 13.1. The second-order valence-electron chi connectivity index (χ2n) is 9.00. The van der Waals surface area contributed by atoms with Crippen LogP contribution in [0.2, 0.25) is 0 Å². The van der Waals surface area contributed by atoms with Crippen LogP contribution in [0.4, 0.5) is 0 Å². The van der Waals surface area contributed by atoms with E-state index in [0.29, 0.717) is 13.1 Å². The number of hydrogen-bond acceptors (Lipinski definition) is 6. The molecule has 1 aromatic carbocycles. The number of pyridine rings is 2. The van der Waals surface area contributed by atoms with Crippen LogP contribution >= 0.6 is 44.5 Å². The van der Waals surface area contributed by atoms with Crippen LogP contribution in [0.3, 0.4) is 0 Å². The van der Waals surface area contributed by atoms with Gasteiger partial charge in [0.05, 0.1) is 17.8 Å². The molecule has 1 aliphatic heterocycles. The summed E-state index contributed by atoms with van der Waals surface area (Å²) in [6, 6.07) is 10.2. The smallest absolute Gasteiger partial charge is 0.238 e. The van der Waals surface area contributed by atoms with Gasteiger partial charge < -0.3 is 10.6 Å². The lowest BCUT2D eigenvalue weighted by Crippen LogP contribution is -2.57. The van der Waals surface area contributed by atoms with Gasteiger partial charge in [0.15, 0.2) is 0 Å². The number of carbonyl (C=O) groups is 1. The number of hydrogen-bond donors (Lipinski definition) is 3. The quantitative estimate of drug-likeness (QED) is 0.366. The largest absolute Gasteiger partial charge is 0.351 e. The number of carbonyl (C=O) groups excluding carboxylic acids is 1. The van der Waals surface area contributed by atoms with Crippen molar-refractivity contribution in [2.45, 2.75) is 38.4 Å². The van der Waals surface area contributed by atoms with Crippen molar-refractivity contribution < 1.29 is 4.79 Å². The van der Waals surface area contributed by atoms with Crippen LogP contribution in [0.15, 0.2) is 57.9 Å². The van der Waals surface area contributed by atoms with Crippen LogP contribution < -0.4 is 10.6 Å². The number of aryl methyl sites for hydroxylation is 3. The fraction of sp³-hybridized carbons (Fsp3) is 0.370. The Hall–Kier alpha value is -1.78. The predicted octanol–water partition coefficient (Wildman–Crippen LogP) is 4.63. The molecule has 1 fully saturated rings. The topological polar surface area (TPSA) is 70.2 Å². The summed E-state index contributed by atoms with van der Waals surface area (Å²) in [7, 11) is 0. The lowest BCUT2D eigenvalue weighted by molar-refractivity contribution is -0.124. The van der Waals surface area contributed by atoms with Gasteiger partial charge in [-0.25, -0.2) is 0 Å². The second kappa shape index (κ2) is 12.6. The van der Waals surface area contributed by atoms with Gasteiger partial charge in [0, 0.05) is 53.7 Å². The summed E-state index contributed by atoms with van der Waals surface area (Å²) in [6.45, 7) is 4.81. The summed E-state index contributed by atoms with van der Waals surface area (Å²) < 4.78 is 2.11. The highest BCUT2D eigenvalue weighted by Gasteiger charge is 2.36. The molecule has 1 aliphatic carbocycles. The van der Waals surface area contributed by atoms with E-state index in [1.54, 1.807) is 18.6 Å². The minimum atomic E-state index is -0.291. The van der Waals surface area contributed by atoms with Crippen LogP contribution in [0, 0.1) is 6.92 Å². The average Bonchev–Trinajstić information content (AvgIpc) is 3.06. The van der Waals surface area contributed by atoms with E-state index < -0.39 is 0 Å². The Kier molecular flexibility index (Phi) is 9.58. The molecule has 2 atom stereocenters. The van der Waals surface area contributed by atoms with Gasteiger partial charge >= 0.3 is 0 Å². The van der Waals surface area contributed by atoms with Gasteiger partial charge in [0.1, 0.15) is 0 Å². The van der Waals surface area contributed by atoms with Crippen LogP contribution in [0.5, 0.6) is 0 Å². The minimum absolute atomic E-state index is 0.00806. The second-order valence-corrected chi connectivity index (χ2v) is 10.8. The summed E-state index contributed by atoms with van der Waals surface area (Å²) >= 11 is 11.0. The average molecular weight is 633 g/mol. The Bertz CT molecular complexity index is 1210. The van der Waals surface area contributed by atoms with Gasteiger partial charge in [-0.05, 0) is 88.0 Å². The first kappa shape index (κ1) is 27.3. The maximum Gasteiger partial charge on any atom is 0.238 e. The molecule has 9 heteroatoms. The highest BCUT2D eigenvalue weighted by Crippen LogP contribution is 2.41. The summed E-state index contributed by atoms with van der Waals surface area (Å²) in [4.78, 5) is 24.5. The maximum absolute atomic E-state index is 13.1. The molecule has 2 unspecified atom stereocenters. The summed E-state index contributed by atoms with van der Waals surface area (Å²) in [5.74, 6) is 0.00867. The first-order chi connectivity index (χ1) is 17.5. The number of aromatic nitrogens is 2. The van der Waals surface area contributed by atoms with Gasteiger partial charge in [-0.3, -0.25) is 19.7 Å². The van der Waals surface area contributed by atoms with Gasteiger partial charge in [-0.15, -0.1) is 0 Å². The fourth-order valence-electron chi connectivity index (χ4n) is 5.04. The van der Waals surface area contributed by atoms with E-state index in [1.807, 2.05) is 18.3 Å². The van der Waals surface area contributed by atoms with E-state index >= 15 is 0 Å². The number of thiol groups is 1. The normalized spacial score (nSPS) is 19.2. The standard InChI is InChI=1S/C26H27Br2N5O.CH4S/c1-16-9-18-4-5-19-11-20(27)14-31-24(19)25(23(18)21(28)10-16)33-8-7-30-22(15-33)26(34)32-13-17-3-2-6-29-12-17;1-2/h2-3,6,9-12,14,22,25,30H,4-5,7-8,13,15H2,1H3,(H,32,34);2H,1H3. The monoisotopic (exact) mass is 631 g/mol. The molecule has 0 saturated carbocycles. The van der Waals surface area contributed by atoms with E-state index in [0.717, 1.165) is 46.1 Å². The van der Waals surface area contributed by atoms with Crippen molar-refractivity contribution in [3.05, 3.63) is 91.4 Å². The number of nitrogens with zero attached hydrogens (tertiary/aromatic N) is 3. The Balaban J connectivity index is 0.00000148. The molecule has 0 bridgehead atoms. The number of nitrogens with one attached hydrogen (secondary N) is 2. The molecule has 6 nitrogen and oxygen atoms in total. The minimum Gasteiger partial charge on any atom is -0.351 e. The SMILES string of the molecule is CS.Cc1cc(Br)c2c(c1)CCc1cc(Br)cnc1C2N1CCNC(C(=O)NCc2cccnc2)C1. The molecule has 3 aromatic rings. The lowest BCUT2D eigenvalue weighted by Gasteiger charge is -2.39. The van der Waals surface area contributed by atoms with Crippen LogP contribution in [-0.4, -0.2) is 52.7 Å². The van der Waals surface area contributed by atoms with E-state index in [9.17, 15) is 4.79 Å². The number of rotatable bonds is 4. The van der Waals surface area contributed by atoms with Gasteiger partial charge in [0.2, 0.25) is 5.91 Å². The van der Waals surface area contributed by atoms with Crippen molar-refractivity contribution in [2.75, 3.05) is 25.9 Å². The molecule has 5 rings (SSSR count). The molecule has 190 valence electrons. The van der Waals surface area contributed by atoms with Crippen molar-refractivity contribution in [1.29, 1.82) is 0 Å². The molecule has 2 N–H and O–H groups in total. The zero-order valence-corrected chi connectivity index (χ0v) is 24.5. The zero-order valence-electron chi connectivity index (χ0n) is 20.5. The third kappa shape index (κ3) is 6.19. The molecule has 2 aliphatic rings. The Morgan fingerprint density at radius 2 is 2.00 bits per heavy atom. The third-order valence-corrected chi connectivity index (χ3v) is 7.69. The number of benzene rings is 1. The molecule has 36 heavy (non-hydrogen) atoms. The van der Waals surface area contributed by atoms with Crippen LogP contribution in [0.1, 0.15) is 39.6 Å². The Morgan fingerprint density at radius 1 is 1.19 bits per heavy atom.